The molecule has 146 valence electrons. The maximum atomic E-state index is 12.5. The standard InChI is InChI=1S/C21H24N4O2S/c1-15-5-6-17(14-16(15)2)27-13-7-19(26)24-9-11-25(12-10-24)21-23-18-4-3-8-22-20(18)28-21/h3-6,8,14H,7,9-13H2,1-2H3. The van der Waals surface area contributed by atoms with E-state index in [2.05, 4.69) is 28.7 Å². The third-order valence-electron chi connectivity index (χ3n) is 5.12. The average molecular weight is 397 g/mol. The zero-order valence-electron chi connectivity index (χ0n) is 16.2. The molecule has 6 nitrogen and oxygen atoms in total. The summed E-state index contributed by atoms with van der Waals surface area (Å²) in [6.45, 7) is 7.57. The van der Waals surface area contributed by atoms with Gasteiger partial charge in [-0.1, -0.05) is 17.4 Å². The third-order valence-corrected chi connectivity index (χ3v) is 6.16. The van der Waals surface area contributed by atoms with Crippen LogP contribution in [0.1, 0.15) is 17.5 Å². The number of fused-ring (bicyclic) bond motifs is 1. The summed E-state index contributed by atoms with van der Waals surface area (Å²) in [5, 5.41) is 0.985. The van der Waals surface area contributed by atoms with E-state index >= 15 is 0 Å². The highest BCUT2D eigenvalue weighted by Crippen LogP contribution is 2.27. The Morgan fingerprint density at radius 2 is 1.96 bits per heavy atom. The van der Waals surface area contributed by atoms with Crippen molar-refractivity contribution in [3.05, 3.63) is 47.7 Å². The molecule has 1 saturated heterocycles. The molecule has 1 aliphatic rings. The molecule has 3 aromatic rings. The van der Waals surface area contributed by atoms with Gasteiger partial charge in [-0.2, -0.15) is 0 Å². The minimum Gasteiger partial charge on any atom is -0.493 e. The second-order valence-corrected chi connectivity index (χ2v) is 7.99. The SMILES string of the molecule is Cc1ccc(OCCC(=O)N2CCN(c3nc4cccnc4s3)CC2)cc1C. The molecule has 0 atom stereocenters. The number of thiazole rings is 1. The van der Waals surface area contributed by atoms with Crippen molar-refractivity contribution in [1.29, 1.82) is 0 Å². The van der Waals surface area contributed by atoms with Gasteiger partial charge < -0.3 is 14.5 Å². The Balaban J connectivity index is 1.26. The van der Waals surface area contributed by atoms with Crippen LogP contribution >= 0.6 is 11.3 Å². The maximum Gasteiger partial charge on any atom is 0.226 e. The highest BCUT2D eigenvalue weighted by atomic mass is 32.1. The number of pyridine rings is 1. The molecule has 1 amide bonds. The fourth-order valence-electron chi connectivity index (χ4n) is 3.26. The molecule has 0 N–H and O–H groups in total. The minimum absolute atomic E-state index is 0.148. The molecule has 4 rings (SSSR count). The lowest BCUT2D eigenvalue weighted by Crippen LogP contribution is -2.49. The number of aryl methyl sites for hydroxylation is 2. The van der Waals surface area contributed by atoms with Gasteiger partial charge in [0.1, 0.15) is 16.1 Å². The molecule has 0 spiro atoms. The Morgan fingerprint density at radius 3 is 2.71 bits per heavy atom. The Labute approximate surface area is 168 Å². The first-order valence-electron chi connectivity index (χ1n) is 9.54. The summed E-state index contributed by atoms with van der Waals surface area (Å²) < 4.78 is 5.75. The lowest BCUT2D eigenvalue weighted by Gasteiger charge is -2.34. The van der Waals surface area contributed by atoms with Crippen LogP contribution < -0.4 is 9.64 Å². The van der Waals surface area contributed by atoms with Gasteiger partial charge in [-0.3, -0.25) is 4.79 Å². The smallest absolute Gasteiger partial charge is 0.226 e. The summed E-state index contributed by atoms with van der Waals surface area (Å²) in [5.41, 5.74) is 3.37. The first-order chi connectivity index (χ1) is 13.6. The Hall–Kier alpha value is -2.67. The van der Waals surface area contributed by atoms with Crippen molar-refractivity contribution in [3.8, 4) is 5.75 Å². The largest absolute Gasteiger partial charge is 0.493 e. The molecule has 0 saturated carbocycles. The number of carbonyl (C=O) groups excluding carboxylic acids is 1. The number of rotatable bonds is 5. The van der Waals surface area contributed by atoms with Crippen LogP contribution in [-0.2, 0) is 4.79 Å². The van der Waals surface area contributed by atoms with E-state index in [1.165, 1.54) is 11.1 Å². The fraction of sp³-hybridized carbons (Fsp3) is 0.381. The first-order valence-corrected chi connectivity index (χ1v) is 10.4. The molecule has 1 fully saturated rings. The molecule has 0 aliphatic carbocycles. The summed E-state index contributed by atoms with van der Waals surface area (Å²) in [6.07, 6.45) is 2.19. The van der Waals surface area contributed by atoms with Crippen LogP contribution in [0.5, 0.6) is 5.75 Å². The number of anilines is 1. The van der Waals surface area contributed by atoms with Crippen molar-refractivity contribution >= 4 is 32.7 Å². The number of hydrogen-bond donors (Lipinski definition) is 0. The Morgan fingerprint density at radius 1 is 1.14 bits per heavy atom. The van der Waals surface area contributed by atoms with Gasteiger partial charge in [-0.15, -0.1) is 0 Å². The molecule has 0 radical (unpaired) electrons. The van der Waals surface area contributed by atoms with Crippen LogP contribution in [0, 0.1) is 13.8 Å². The predicted molar refractivity (Wildman–Crippen MR) is 112 cm³/mol. The highest BCUT2D eigenvalue weighted by Gasteiger charge is 2.23. The number of aromatic nitrogens is 2. The van der Waals surface area contributed by atoms with Gasteiger partial charge in [0.25, 0.3) is 0 Å². The molecule has 2 aromatic heterocycles. The molecular formula is C21H24N4O2S. The predicted octanol–water partition coefficient (Wildman–Crippen LogP) is 3.43. The molecule has 3 heterocycles. The number of amides is 1. The zero-order valence-corrected chi connectivity index (χ0v) is 17.0. The highest BCUT2D eigenvalue weighted by molar-refractivity contribution is 7.21. The quantitative estimate of drug-likeness (QED) is 0.661. The minimum atomic E-state index is 0.148. The molecule has 0 unspecified atom stereocenters. The van der Waals surface area contributed by atoms with Gasteiger partial charge in [0, 0.05) is 32.4 Å². The summed E-state index contributed by atoms with van der Waals surface area (Å²) in [7, 11) is 0. The van der Waals surface area contributed by atoms with Crippen LogP contribution in [-0.4, -0.2) is 53.6 Å². The molecule has 0 bridgehead atoms. The molecule has 7 heteroatoms. The topological polar surface area (TPSA) is 58.6 Å². The van der Waals surface area contributed by atoms with Crippen LogP contribution in [0.25, 0.3) is 10.3 Å². The van der Waals surface area contributed by atoms with Crippen molar-refractivity contribution in [1.82, 2.24) is 14.9 Å². The summed E-state index contributed by atoms with van der Waals surface area (Å²) >= 11 is 1.61. The Kier molecular flexibility index (Phi) is 5.43. The second kappa shape index (κ2) is 8.14. The lowest BCUT2D eigenvalue weighted by molar-refractivity contribution is -0.132. The molecule has 1 aromatic carbocycles. The monoisotopic (exact) mass is 396 g/mol. The molecular weight excluding hydrogens is 372 g/mol. The number of benzene rings is 1. The van der Waals surface area contributed by atoms with Crippen molar-refractivity contribution in [2.45, 2.75) is 20.3 Å². The van der Waals surface area contributed by atoms with Gasteiger partial charge in [0.2, 0.25) is 5.91 Å². The van der Waals surface area contributed by atoms with E-state index in [0.717, 1.165) is 34.3 Å². The van der Waals surface area contributed by atoms with E-state index < -0.39 is 0 Å². The van der Waals surface area contributed by atoms with E-state index in [1.54, 1.807) is 17.5 Å². The van der Waals surface area contributed by atoms with Gasteiger partial charge in [0.15, 0.2) is 5.13 Å². The summed E-state index contributed by atoms with van der Waals surface area (Å²) in [6, 6.07) is 9.91. The van der Waals surface area contributed by atoms with Gasteiger partial charge in [-0.25, -0.2) is 9.97 Å². The van der Waals surface area contributed by atoms with Crippen molar-refractivity contribution in [3.63, 3.8) is 0 Å². The van der Waals surface area contributed by atoms with Gasteiger partial charge in [0.05, 0.1) is 13.0 Å². The van der Waals surface area contributed by atoms with E-state index in [9.17, 15) is 4.79 Å². The molecule has 28 heavy (non-hydrogen) atoms. The number of nitrogens with zero attached hydrogens (tertiary/aromatic N) is 4. The van der Waals surface area contributed by atoms with Crippen LogP contribution in [0.4, 0.5) is 5.13 Å². The first kappa shape index (κ1) is 18.7. The number of piperazine rings is 1. The van der Waals surface area contributed by atoms with E-state index in [4.69, 9.17) is 4.74 Å². The van der Waals surface area contributed by atoms with Crippen molar-refractivity contribution in [2.75, 3.05) is 37.7 Å². The summed E-state index contributed by atoms with van der Waals surface area (Å²) in [5.74, 6) is 0.972. The van der Waals surface area contributed by atoms with Gasteiger partial charge >= 0.3 is 0 Å². The maximum absolute atomic E-state index is 12.5. The van der Waals surface area contributed by atoms with Gasteiger partial charge in [-0.05, 0) is 49.2 Å². The third kappa shape index (κ3) is 4.09. The van der Waals surface area contributed by atoms with Crippen LogP contribution in [0.15, 0.2) is 36.5 Å². The van der Waals surface area contributed by atoms with Crippen LogP contribution in [0.2, 0.25) is 0 Å². The lowest BCUT2D eigenvalue weighted by atomic mass is 10.1. The van der Waals surface area contributed by atoms with E-state index in [1.807, 2.05) is 35.2 Å². The zero-order chi connectivity index (χ0) is 19.5. The van der Waals surface area contributed by atoms with Crippen molar-refractivity contribution in [2.24, 2.45) is 0 Å². The number of carbonyl (C=O) groups is 1. The fourth-order valence-corrected chi connectivity index (χ4v) is 4.22. The number of hydrogen-bond acceptors (Lipinski definition) is 6. The van der Waals surface area contributed by atoms with E-state index in [0.29, 0.717) is 26.1 Å². The summed E-state index contributed by atoms with van der Waals surface area (Å²) in [4.78, 5) is 26.6. The number of ether oxygens (including phenoxy) is 1. The second-order valence-electron chi connectivity index (χ2n) is 7.04. The Bertz CT molecular complexity index is 946. The van der Waals surface area contributed by atoms with E-state index in [-0.39, 0.29) is 5.91 Å². The van der Waals surface area contributed by atoms with Crippen LogP contribution in [0.3, 0.4) is 0 Å². The van der Waals surface area contributed by atoms with Crippen molar-refractivity contribution < 1.29 is 9.53 Å². The normalized spacial score (nSPS) is 14.5. The average Bonchev–Trinajstić information content (AvgIpc) is 3.15. The molecule has 1 aliphatic heterocycles.